The molecule has 0 aliphatic carbocycles. The Bertz CT molecular complexity index is 514. The zero-order valence-electron chi connectivity index (χ0n) is 9.18. The van der Waals surface area contributed by atoms with Crippen LogP contribution >= 0.6 is 15.9 Å². The van der Waals surface area contributed by atoms with Crippen LogP contribution in [0.15, 0.2) is 41.0 Å². The first kappa shape index (κ1) is 11.7. The molecule has 0 fully saturated rings. The van der Waals surface area contributed by atoms with Crippen molar-refractivity contribution in [3.8, 4) is 17.4 Å². The molecule has 0 amide bonds. The number of pyridine rings is 1. The first-order valence-corrected chi connectivity index (χ1v) is 5.71. The highest BCUT2D eigenvalue weighted by Gasteiger charge is 2.04. The lowest BCUT2D eigenvalue weighted by atomic mass is 10.3. The molecule has 5 heteroatoms. The van der Waals surface area contributed by atoms with Gasteiger partial charge in [-0.1, -0.05) is 0 Å². The van der Waals surface area contributed by atoms with E-state index in [1.54, 1.807) is 37.6 Å². The lowest BCUT2D eigenvalue weighted by molar-refractivity contribution is 0.412. The molecule has 0 aliphatic rings. The predicted octanol–water partition coefficient (Wildman–Crippen LogP) is 3.23. The van der Waals surface area contributed by atoms with Crippen LogP contribution in [-0.4, -0.2) is 12.1 Å². The van der Waals surface area contributed by atoms with Crippen LogP contribution in [0.1, 0.15) is 0 Å². The van der Waals surface area contributed by atoms with E-state index >= 15 is 0 Å². The van der Waals surface area contributed by atoms with Crippen LogP contribution < -0.4 is 15.2 Å². The highest BCUT2D eigenvalue weighted by Crippen LogP contribution is 2.29. The minimum atomic E-state index is 0.491. The van der Waals surface area contributed by atoms with Gasteiger partial charge in [-0.05, 0) is 34.1 Å². The fourth-order valence-corrected chi connectivity index (χ4v) is 1.52. The van der Waals surface area contributed by atoms with Gasteiger partial charge in [0.25, 0.3) is 0 Å². The highest BCUT2D eigenvalue weighted by molar-refractivity contribution is 9.10. The molecule has 2 rings (SSSR count). The summed E-state index contributed by atoms with van der Waals surface area (Å²) in [6.07, 6.45) is 1.66. The van der Waals surface area contributed by atoms with Crippen LogP contribution in [0.5, 0.6) is 17.4 Å². The second kappa shape index (κ2) is 5.05. The Labute approximate surface area is 108 Å². The predicted molar refractivity (Wildman–Crippen MR) is 69.4 cm³/mol. The summed E-state index contributed by atoms with van der Waals surface area (Å²) in [5.74, 6) is 1.74. The van der Waals surface area contributed by atoms with Crippen molar-refractivity contribution in [2.75, 3.05) is 12.8 Å². The molecule has 0 unspecified atom stereocenters. The van der Waals surface area contributed by atoms with E-state index in [9.17, 15) is 0 Å². The molecule has 0 spiro atoms. The molecule has 1 aromatic heterocycles. The molecule has 1 heterocycles. The van der Waals surface area contributed by atoms with Gasteiger partial charge in [-0.25, -0.2) is 4.98 Å². The van der Waals surface area contributed by atoms with Crippen molar-refractivity contribution in [3.05, 3.63) is 41.0 Å². The van der Waals surface area contributed by atoms with Gasteiger partial charge in [-0.3, -0.25) is 0 Å². The van der Waals surface area contributed by atoms with Gasteiger partial charge in [0.05, 0.1) is 12.8 Å². The van der Waals surface area contributed by atoms with Gasteiger partial charge in [0.1, 0.15) is 5.75 Å². The third-order valence-corrected chi connectivity index (χ3v) is 2.60. The number of rotatable bonds is 3. The number of anilines is 1. The standard InChI is InChI=1S/C12H11BrN2O2/c1-16-9-3-4-11(10(14)6-9)17-12-5-2-8(13)7-15-12/h2-7H,14H2,1H3. The van der Waals surface area contributed by atoms with Gasteiger partial charge < -0.3 is 15.2 Å². The molecule has 88 valence electrons. The van der Waals surface area contributed by atoms with Crippen molar-refractivity contribution >= 4 is 21.6 Å². The van der Waals surface area contributed by atoms with E-state index in [0.717, 1.165) is 4.47 Å². The zero-order valence-corrected chi connectivity index (χ0v) is 10.8. The SMILES string of the molecule is COc1ccc(Oc2ccc(Br)cn2)c(N)c1. The van der Waals surface area contributed by atoms with E-state index in [-0.39, 0.29) is 0 Å². The van der Waals surface area contributed by atoms with Gasteiger partial charge in [0, 0.05) is 22.8 Å². The minimum Gasteiger partial charge on any atom is -0.497 e. The van der Waals surface area contributed by atoms with Crippen LogP contribution in [0.25, 0.3) is 0 Å². The van der Waals surface area contributed by atoms with Gasteiger partial charge >= 0.3 is 0 Å². The molecule has 0 saturated heterocycles. The molecule has 4 nitrogen and oxygen atoms in total. The van der Waals surface area contributed by atoms with Gasteiger partial charge in [-0.2, -0.15) is 0 Å². The van der Waals surface area contributed by atoms with Gasteiger partial charge in [0.2, 0.25) is 5.88 Å². The van der Waals surface area contributed by atoms with Gasteiger partial charge in [0.15, 0.2) is 5.75 Å². The highest BCUT2D eigenvalue weighted by atomic mass is 79.9. The van der Waals surface area contributed by atoms with E-state index in [1.165, 1.54) is 0 Å². The summed E-state index contributed by atoms with van der Waals surface area (Å²) in [6, 6.07) is 8.84. The summed E-state index contributed by atoms with van der Waals surface area (Å²) in [5, 5.41) is 0. The van der Waals surface area contributed by atoms with Crippen molar-refractivity contribution in [1.82, 2.24) is 4.98 Å². The maximum atomic E-state index is 5.83. The Balaban J connectivity index is 2.21. The topological polar surface area (TPSA) is 57.4 Å². The summed E-state index contributed by atoms with van der Waals surface area (Å²) in [5.41, 5.74) is 6.34. The quantitative estimate of drug-likeness (QED) is 0.883. The molecule has 17 heavy (non-hydrogen) atoms. The molecule has 0 bridgehead atoms. The lowest BCUT2D eigenvalue weighted by Crippen LogP contribution is -1.94. The number of aromatic nitrogens is 1. The minimum absolute atomic E-state index is 0.491. The second-order valence-corrected chi connectivity index (χ2v) is 4.24. The third kappa shape index (κ3) is 2.88. The molecular formula is C12H11BrN2O2. The Morgan fingerprint density at radius 3 is 2.65 bits per heavy atom. The number of nitrogen functional groups attached to an aromatic ring is 1. The number of halogens is 1. The van der Waals surface area contributed by atoms with Crippen LogP contribution in [0, 0.1) is 0 Å². The number of hydrogen-bond donors (Lipinski definition) is 1. The van der Waals surface area contributed by atoms with Crippen LogP contribution in [-0.2, 0) is 0 Å². The molecule has 0 saturated carbocycles. The number of benzene rings is 1. The van der Waals surface area contributed by atoms with Crippen molar-refractivity contribution < 1.29 is 9.47 Å². The Kier molecular flexibility index (Phi) is 3.49. The Hall–Kier alpha value is -1.75. The van der Waals surface area contributed by atoms with Crippen LogP contribution in [0.4, 0.5) is 5.69 Å². The van der Waals surface area contributed by atoms with E-state index < -0.39 is 0 Å². The van der Waals surface area contributed by atoms with Crippen molar-refractivity contribution in [1.29, 1.82) is 0 Å². The van der Waals surface area contributed by atoms with Crippen LogP contribution in [0.3, 0.4) is 0 Å². The van der Waals surface area contributed by atoms with Crippen molar-refractivity contribution in [3.63, 3.8) is 0 Å². The summed E-state index contributed by atoms with van der Waals surface area (Å²) in [7, 11) is 1.59. The average molecular weight is 295 g/mol. The van der Waals surface area contributed by atoms with Crippen LogP contribution in [0.2, 0.25) is 0 Å². The maximum absolute atomic E-state index is 5.83. The fraction of sp³-hybridized carbons (Fsp3) is 0.0833. The van der Waals surface area contributed by atoms with E-state index in [2.05, 4.69) is 20.9 Å². The number of ether oxygens (including phenoxy) is 2. The smallest absolute Gasteiger partial charge is 0.219 e. The van der Waals surface area contributed by atoms with E-state index in [0.29, 0.717) is 23.1 Å². The van der Waals surface area contributed by atoms with Crippen molar-refractivity contribution in [2.45, 2.75) is 0 Å². The molecule has 0 atom stereocenters. The maximum Gasteiger partial charge on any atom is 0.219 e. The van der Waals surface area contributed by atoms with Crippen molar-refractivity contribution in [2.24, 2.45) is 0 Å². The third-order valence-electron chi connectivity index (χ3n) is 2.13. The summed E-state index contributed by atoms with van der Waals surface area (Å²) in [6.45, 7) is 0. The first-order valence-electron chi connectivity index (χ1n) is 4.92. The summed E-state index contributed by atoms with van der Waals surface area (Å²) >= 11 is 3.30. The van der Waals surface area contributed by atoms with E-state index in [1.807, 2.05) is 6.07 Å². The number of hydrogen-bond acceptors (Lipinski definition) is 4. The molecule has 0 aliphatic heterocycles. The molecule has 1 aromatic carbocycles. The monoisotopic (exact) mass is 294 g/mol. The zero-order chi connectivity index (χ0) is 12.3. The lowest BCUT2D eigenvalue weighted by Gasteiger charge is -2.08. The Morgan fingerprint density at radius 2 is 2.06 bits per heavy atom. The largest absolute Gasteiger partial charge is 0.497 e. The van der Waals surface area contributed by atoms with Gasteiger partial charge in [-0.15, -0.1) is 0 Å². The molecule has 0 radical (unpaired) electrons. The average Bonchev–Trinajstić information content (AvgIpc) is 2.34. The number of nitrogens with zero attached hydrogens (tertiary/aromatic N) is 1. The fourth-order valence-electron chi connectivity index (χ4n) is 1.28. The molecular weight excluding hydrogens is 284 g/mol. The second-order valence-electron chi connectivity index (χ2n) is 3.32. The normalized spacial score (nSPS) is 10.0. The molecule has 2 N–H and O–H groups in total. The Morgan fingerprint density at radius 1 is 1.24 bits per heavy atom. The number of nitrogens with two attached hydrogens (primary N) is 1. The van der Waals surface area contributed by atoms with E-state index in [4.69, 9.17) is 15.2 Å². The number of methoxy groups -OCH3 is 1. The summed E-state index contributed by atoms with van der Waals surface area (Å²) < 4.78 is 11.5. The first-order chi connectivity index (χ1) is 8.19. The summed E-state index contributed by atoms with van der Waals surface area (Å²) in [4.78, 5) is 4.10. The molecule has 2 aromatic rings.